The van der Waals surface area contributed by atoms with Crippen LogP contribution in [-0.2, 0) is 0 Å². The molecular weight excluding hydrogens is 306 g/mol. The fourth-order valence-electron chi connectivity index (χ4n) is 2.88. The van der Waals surface area contributed by atoms with Gasteiger partial charge in [-0.2, -0.15) is 0 Å². The Labute approximate surface area is 141 Å². The average molecular weight is 329 g/mol. The quantitative estimate of drug-likeness (QED) is 0.928. The maximum Gasteiger partial charge on any atom is 0.292 e. The van der Waals surface area contributed by atoms with Gasteiger partial charge in [0.15, 0.2) is 0 Å². The number of carbonyl (C=O) groups excluding carboxylic acids is 1. The van der Waals surface area contributed by atoms with E-state index in [1.54, 1.807) is 12.4 Å². The lowest BCUT2D eigenvalue weighted by molar-refractivity contribution is 0.0672. The minimum absolute atomic E-state index is 0.104. The summed E-state index contributed by atoms with van der Waals surface area (Å²) in [5.74, 6) is 1.36. The Kier molecular flexibility index (Phi) is 4.78. The first-order chi connectivity index (χ1) is 11.5. The molecule has 24 heavy (non-hydrogen) atoms. The predicted octanol–water partition coefficient (Wildman–Crippen LogP) is 2.61. The van der Waals surface area contributed by atoms with E-state index >= 15 is 0 Å². The molecule has 0 unspecified atom stereocenters. The topological polar surface area (TPSA) is 84.2 Å². The summed E-state index contributed by atoms with van der Waals surface area (Å²) < 4.78 is 5.09. The minimum Gasteiger partial charge on any atom is -0.365 e. The van der Waals surface area contributed by atoms with Gasteiger partial charge < -0.3 is 14.7 Å². The van der Waals surface area contributed by atoms with Crippen molar-refractivity contribution < 1.29 is 9.32 Å². The van der Waals surface area contributed by atoms with Crippen molar-refractivity contribution in [3.05, 3.63) is 35.6 Å². The van der Waals surface area contributed by atoms with Crippen molar-refractivity contribution in [3.8, 4) is 0 Å². The van der Waals surface area contributed by atoms with E-state index in [-0.39, 0.29) is 11.9 Å². The van der Waals surface area contributed by atoms with Gasteiger partial charge in [0.05, 0.1) is 5.69 Å². The molecule has 1 aliphatic rings. The van der Waals surface area contributed by atoms with E-state index in [1.165, 1.54) is 0 Å². The number of amides is 1. The molecule has 2 aromatic rings. The highest BCUT2D eigenvalue weighted by molar-refractivity contribution is 5.91. The minimum atomic E-state index is -0.104. The molecule has 0 aliphatic carbocycles. The monoisotopic (exact) mass is 329 g/mol. The van der Waals surface area contributed by atoms with Crippen molar-refractivity contribution in [1.29, 1.82) is 0 Å². The fraction of sp³-hybridized carbons (Fsp3) is 0.529. The van der Waals surface area contributed by atoms with Crippen molar-refractivity contribution in [1.82, 2.24) is 20.0 Å². The molecule has 2 aromatic heterocycles. The molecule has 1 aliphatic heterocycles. The molecule has 128 valence electrons. The van der Waals surface area contributed by atoms with Crippen LogP contribution in [0.2, 0.25) is 0 Å². The van der Waals surface area contributed by atoms with Gasteiger partial charge in [0.25, 0.3) is 5.91 Å². The molecule has 1 atom stereocenters. The number of nitrogens with zero attached hydrogens (tertiary/aromatic N) is 4. The summed E-state index contributed by atoms with van der Waals surface area (Å²) in [4.78, 5) is 22.9. The number of likely N-dealkylation sites (tertiary alicyclic amines) is 1. The summed E-state index contributed by atoms with van der Waals surface area (Å²) in [6, 6.07) is 3.82. The second-order valence-corrected chi connectivity index (χ2v) is 6.55. The van der Waals surface area contributed by atoms with E-state index in [0.717, 1.165) is 30.9 Å². The van der Waals surface area contributed by atoms with Gasteiger partial charge in [-0.05, 0) is 25.7 Å². The van der Waals surface area contributed by atoms with Crippen LogP contribution in [0.25, 0.3) is 0 Å². The van der Waals surface area contributed by atoms with Crippen LogP contribution in [0.15, 0.2) is 23.0 Å². The van der Waals surface area contributed by atoms with Gasteiger partial charge in [-0.25, -0.2) is 9.97 Å². The highest BCUT2D eigenvalue weighted by Gasteiger charge is 2.26. The predicted molar refractivity (Wildman–Crippen MR) is 89.9 cm³/mol. The summed E-state index contributed by atoms with van der Waals surface area (Å²) in [6.45, 7) is 7.37. The molecule has 3 rings (SSSR count). The number of aryl methyl sites for hydroxylation is 1. The van der Waals surface area contributed by atoms with E-state index in [1.807, 2.05) is 17.9 Å². The Morgan fingerprint density at radius 2 is 2.21 bits per heavy atom. The third-order valence-electron chi connectivity index (χ3n) is 4.18. The first kappa shape index (κ1) is 16.4. The SMILES string of the molecule is Cc1cc(C(=O)N2CCC[C@@H](Nc3cc(C(C)C)ncn3)C2)on1. The lowest BCUT2D eigenvalue weighted by Gasteiger charge is -2.32. The van der Waals surface area contributed by atoms with Crippen LogP contribution in [0.4, 0.5) is 5.82 Å². The molecule has 1 N–H and O–H groups in total. The van der Waals surface area contributed by atoms with Crippen LogP contribution in [0.3, 0.4) is 0 Å². The Bertz CT molecular complexity index is 713. The summed E-state index contributed by atoms with van der Waals surface area (Å²) in [5, 5.41) is 7.22. The number of rotatable bonds is 4. The maximum absolute atomic E-state index is 12.5. The van der Waals surface area contributed by atoms with Crippen molar-refractivity contribution in [2.45, 2.75) is 45.6 Å². The fourth-order valence-corrected chi connectivity index (χ4v) is 2.88. The number of hydrogen-bond acceptors (Lipinski definition) is 6. The standard InChI is InChI=1S/C17H23N5O2/c1-11(2)14-8-16(19-10-18-14)20-13-5-4-6-22(9-13)17(23)15-7-12(3)21-24-15/h7-8,10-11,13H,4-6,9H2,1-3H3,(H,18,19,20)/t13-/m1/s1. The van der Waals surface area contributed by atoms with Crippen molar-refractivity contribution >= 4 is 11.7 Å². The highest BCUT2D eigenvalue weighted by atomic mass is 16.5. The number of carbonyl (C=O) groups is 1. The van der Waals surface area contributed by atoms with Gasteiger partial charge in [-0.3, -0.25) is 4.79 Å². The third-order valence-corrected chi connectivity index (χ3v) is 4.18. The Morgan fingerprint density at radius 1 is 1.38 bits per heavy atom. The average Bonchev–Trinajstić information content (AvgIpc) is 3.01. The lowest BCUT2D eigenvalue weighted by atomic mass is 10.0. The van der Waals surface area contributed by atoms with Crippen LogP contribution < -0.4 is 5.32 Å². The molecule has 0 aromatic carbocycles. The van der Waals surface area contributed by atoms with E-state index in [2.05, 4.69) is 34.3 Å². The second kappa shape index (κ2) is 6.98. The first-order valence-corrected chi connectivity index (χ1v) is 8.34. The molecule has 1 fully saturated rings. The summed E-state index contributed by atoms with van der Waals surface area (Å²) in [6.07, 6.45) is 3.53. The van der Waals surface area contributed by atoms with Crippen molar-refractivity contribution in [3.63, 3.8) is 0 Å². The molecule has 0 saturated carbocycles. The summed E-state index contributed by atoms with van der Waals surface area (Å²) >= 11 is 0. The maximum atomic E-state index is 12.5. The Hall–Kier alpha value is -2.44. The third kappa shape index (κ3) is 3.72. The van der Waals surface area contributed by atoms with E-state index in [9.17, 15) is 4.79 Å². The Morgan fingerprint density at radius 3 is 2.92 bits per heavy atom. The molecule has 0 radical (unpaired) electrons. The van der Waals surface area contributed by atoms with Crippen molar-refractivity contribution in [2.24, 2.45) is 0 Å². The van der Waals surface area contributed by atoms with Crippen LogP contribution in [0.5, 0.6) is 0 Å². The molecule has 1 amide bonds. The summed E-state index contributed by atoms with van der Waals surface area (Å²) in [5.41, 5.74) is 1.72. The number of anilines is 1. The number of aromatic nitrogens is 3. The smallest absolute Gasteiger partial charge is 0.292 e. The van der Waals surface area contributed by atoms with Crippen LogP contribution in [0.1, 0.15) is 54.5 Å². The molecule has 7 heteroatoms. The lowest BCUT2D eigenvalue weighted by Crippen LogP contribution is -2.45. The molecular formula is C17H23N5O2. The zero-order valence-corrected chi connectivity index (χ0v) is 14.3. The first-order valence-electron chi connectivity index (χ1n) is 8.34. The number of nitrogens with one attached hydrogen (secondary N) is 1. The van der Waals surface area contributed by atoms with Gasteiger partial charge in [0, 0.05) is 37.0 Å². The normalized spacial score (nSPS) is 18.0. The Balaban J connectivity index is 1.65. The molecule has 3 heterocycles. The van der Waals surface area contributed by atoms with Crippen molar-refractivity contribution in [2.75, 3.05) is 18.4 Å². The van der Waals surface area contributed by atoms with Gasteiger partial charge >= 0.3 is 0 Å². The molecule has 1 saturated heterocycles. The highest BCUT2D eigenvalue weighted by Crippen LogP contribution is 2.19. The van der Waals surface area contributed by atoms with Gasteiger partial charge in [0.1, 0.15) is 12.1 Å². The largest absolute Gasteiger partial charge is 0.365 e. The van der Waals surface area contributed by atoms with Gasteiger partial charge in [-0.1, -0.05) is 19.0 Å². The van der Waals surface area contributed by atoms with Crippen LogP contribution in [0, 0.1) is 6.92 Å². The van der Waals surface area contributed by atoms with Gasteiger partial charge in [0.2, 0.25) is 5.76 Å². The van der Waals surface area contributed by atoms with Crippen LogP contribution >= 0.6 is 0 Å². The molecule has 7 nitrogen and oxygen atoms in total. The molecule has 0 spiro atoms. The van der Waals surface area contributed by atoms with E-state index in [4.69, 9.17) is 4.52 Å². The van der Waals surface area contributed by atoms with Crippen LogP contribution in [-0.4, -0.2) is 45.1 Å². The van der Waals surface area contributed by atoms with Gasteiger partial charge in [-0.15, -0.1) is 0 Å². The molecule has 0 bridgehead atoms. The number of hydrogen-bond donors (Lipinski definition) is 1. The second-order valence-electron chi connectivity index (χ2n) is 6.55. The summed E-state index contributed by atoms with van der Waals surface area (Å²) in [7, 11) is 0. The zero-order chi connectivity index (χ0) is 17.1. The zero-order valence-electron chi connectivity index (χ0n) is 14.3. The van der Waals surface area contributed by atoms with E-state index < -0.39 is 0 Å². The van der Waals surface area contributed by atoms with E-state index in [0.29, 0.717) is 23.9 Å². The number of piperidine rings is 1.